The number of nitrogens with zero attached hydrogens (tertiary/aromatic N) is 2. The van der Waals surface area contributed by atoms with Crippen molar-refractivity contribution in [3.63, 3.8) is 0 Å². The quantitative estimate of drug-likeness (QED) is 0.798. The Morgan fingerprint density at radius 1 is 1.38 bits per heavy atom. The van der Waals surface area contributed by atoms with E-state index in [0.717, 1.165) is 11.1 Å². The van der Waals surface area contributed by atoms with E-state index in [2.05, 4.69) is 9.97 Å². The highest BCUT2D eigenvalue weighted by Crippen LogP contribution is 2.18. The van der Waals surface area contributed by atoms with Gasteiger partial charge in [-0.25, -0.2) is 14.4 Å². The first kappa shape index (κ1) is 10.8. The largest absolute Gasteiger partial charge is 0.368 e. The van der Waals surface area contributed by atoms with Crippen LogP contribution in [0.1, 0.15) is 12.6 Å². The second-order valence-electron chi connectivity index (χ2n) is 3.87. The number of halogens is 1. The maximum atomic E-state index is 13.0. The molecule has 0 aliphatic rings. The van der Waals surface area contributed by atoms with E-state index in [1.165, 1.54) is 12.1 Å². The molecule has 1 aromatic heterocycles. The molecule has 0 radical (unpaired) electrons. The summed E-state index contributed by atoms with van der Waals surface area (Å²) < 4.78 is 13.0. The van der Waals surface area contributed by atoms with Crippen molar-refractivity contribution < 1.29 is 4.39 Å². The van der Waals surface area contributed by atoms with Crippen molar-refractivity contribution in [2.75, 3.05) is 5.73 Å². The fourth-order valence-corrected chi connectivity index (χ4v) is 1.65. The van der Waals surface area contributed by atoms with E-state index in [1.54, 1.807) is 6.07 Å². The lowest BCUT2D eigenvalue weighted by molar-refractivity contribution is 0.629. The van der Waals surface area contributed by atoms with Gasteiger partial charge in [0.05, 0.1) is 11.2 Å². The summed E-state index contributed by atoms with van der Waals surface area (Å²) in [7, 11) is 0. The van der Waals surface area contributed by atoms with Gasteiger partial charge in [0.1, 0.15) is 5.82 Å². The topological polar surface area (TPSA) is 77.8 Å². The molecule has 1 unspecified atom stereocenters. The van der Waals surface area contributed by atoms with Gasteiger partial charge in [-0.3, -0.25) is 0 Å². The summed E-state index contributed by atoms with van der Waals surface area (Å²) >= 11 is 0. The van der Waals surface area contributed by atoms with E-state index in [9.17, 15) is 4.39 Å². The average molecular weight is 220 g/mol. The van der Waals surface area contributed by atoms with Crippen molar-refractivity contribution in [2.24, 2.45) is 5.73 Å². The zero-order valence-electron chi connectivity index (χ0n) is 8.94. The van der Waals surface area contributed by atoms with Crippen molar-refractivity contribution in [3.05, 3.63) is 29.7 Å². The van der Waals surface area contributed by atoms with Gasteiger partial charge in [0.15, 0.2) is 0 Å². The Balaban J connectivity index is 2.63. The Labute approximate surface area is 92.5 Å². The second kappa shape index (κ2) is 4.02. The lowest BCUT2D eigenvalue weighted by Crippen LogP contribution is -2.19. The molecule has 4 nitrogen and oxygen atoms in total. The Hall–Kier alpha value is -1.75. The molecule has 4 N–H and O–H groups in total. The van der Waals surface area contributed by atoms with Gasteiger partial charge in [-0.1, -0.05) is 0 Å². The van der Waals surface area contributed by atoms with Gasteiger partial charge in [-0.15, -0.1) is 0 Å². The molecule has 16 heavy (non-hydrogen) atoms. The summed E-state index contributed by atoms with van der Waals surface area (Å²) in [4.78, 5) is 8.13. The van der Waals surface area contributed by atoms with E-state index in [1.807, 2.05) is 6.92 Å². The number of anilines is 1. The Kier molecular flexibility index (Phi) is 2.70. The predicted molar refractivity (Wildman–Crippen MR) is 61.3 cm³/mol. The molecule has 84 valence electrons. The van der Waals surface area contributed by atoms with Gasteiger partial charge in [0, 0.05) is 23.9 Å². The molecule has 0 fully saturated rings. The van der Waals surface area contributed by atoms with E-state index >= 15 is 0 Å². The van der Waals surface area contributed by atoms with Crippen LogP contribution in [-0.2, 0) is 6.42 Å². The van der Waals surface area contributed by atoms with Crippen LogP contribution in [0.25, 0.3) is 10.9 Å². The summed E-state index contributed by atoms with van der Waals surface area (Å²) in [6.45, 7) is 1.88. The van der Waals surface area contributed by atoms with Crippen molar-refractivity contribution in [1.29, 1.82) is 0 Å². The third kappa shape index (κ3) is 2.09. The van der Waals surface area contributed by atoms with Gasteiger partial charge in [-0.05, 0) is 19.1 Å². The molecule has 0 saturated carbocycles. The fourth-order valence-electron chi connectivity index (χ4n) is 1.65. The van der Waals surface area contributed by atoms with Crippen LogP contribution in [0.2, 0.25) is 0 Å². The van der Waals surface area contributed by atoms with Crippen LogP contribution in [0.5, 0.6) is 0 Å². The van der Waals surface area contributed by atoms with Crippen LogP contribution in [0.4, 0.5) is 10.3 Å². The van der Waals surface area contributed by atoms with Crippen LogP contribution < -0.4 is 11.5 Å². The molecule has 0 saturated heterocycles. The molecule has 0 aliphatic heterocycles. The normalized spacial score (nSPS) is 12.9. The lowest BCUT2D eigenvalue weighted by atomic mass is 10.1. The minimum atomic E-state index is -0.336. The first-order valence-electron chi connectivity index (χ1n) is 5.03. The van der Waals surface area contributed by atoms with E-state index < -0.39 is 0 Å². The molecule has 5 heteroatoms. The number of nitrogen functional groups attached to an aromatic ring is 1. The van der Waals surface area contributed by atoms with Gasteiger partial charge in [-0.2, -0.15) is 0 Å². The van der Waals surface area contributed by atoms with E-state index in [4.69, 9.17) is 11.5 Å². The summed E-state index contributed by atoms with van der Waals surface area (Å²) in [5, 5.41) is 0.799. The maximum absolute atomic E-state index is 13.0. The Morgan fingerprint density at radius 2 is 2.12 bits per heavy atom. The highest BCUT2D eigenvalue weighted by Gasteiger charge is 2.08. The number of aromatic nitrogens is 2. The molecular weight excluding hydrogens is 207 g/mol. The van der Waals surface area contributed by atoms with Crippen LogP contribution in [0.3, 0.4) is 0 Å². The van der Waals surface area contributed by atoms with Crippen LogP contribution in [0, 0.1) is 5.82 Å². The number of rotatable bonds is 2. The van der Waals surface area contributed by atoms with Crippen molar-refractivity contribution in [1.82, 2.24) is 9.97 Å². The smallest absolute Gasteiger partial charge is 0.220 e. The molecule has 2 aromatic rings. The summed E-state index contributed by atoms with van der Waals surface area (Å²) in [6.07, 6.45) is 0.592. The first-order chi connectivity index (χ1) is 7.56. The first-order valence-corrected chi connectivity index (χ1v) is 5.03. The maximum Gasteiger partial charge on any atom is 0.220 e. The fraction of sp³-hybridized carbons (Fsp3) is 0.273. The molecule has 1 atom stereocenters. The Morgan fingerprint density at radius 3 is 2.81 bits per heavy atom. The molecule has 1 aromatic carbocycles. The minimum absolute atomic E-state index is 0.0254. The highest BCUT2D eigenvalue weighted by atomic mass is 19.1. The zero-order valence-corrected chi connectivity index (χ0v) is 8.94. The van der Waals surface area contributed by atoms with Crippen molar-refractivity contribution in [3.8, 4) is 0 Å². The standard InChI is InChI=1S/C11H13FN4/c1-6(13)4-9-8-3-2-7(12)5-10(8)16-11(14)15-9/h2-3,5-6H,4,13H2,1H3,(H2,14,15,16). The summed E-state index contributed by atoms with van der Waals surface area (Å²) in [6, 6.07) is 4.36. The Bertz CT molecular complexity index is 519. The second-order valence-corrected chi connectivity index (χ2v) is 3.87. The van der Waals surface area contributed by atoms with Gasteiger partial charge in [0.25, 0.3) is 0 Å². The third-order valence-corrected chi connectivity index (χ3v) is 2.27. The molecule has 0 amide bonds. The van der Waals surface area contributed by atoms with E-state index in [-0.39, 0.29) is 17.8 Å². The number of hydrogen-bond donors (Lipinski definition) is 2. The average Bonchev–Trinajstić information content (AvgIpc) is 2.15. The molecule has 0 aliphatic carbocycles. The summed E-state index contributed by atoms with van der Waals surface area (Å²) in [5.74, 6) is -0.189. The predicted octanol–water partition coefficient (Wildman–Crippen LogP) is 1.24. The number of fused-ring (bicyclic) bond motifs is 1. The molecule has 2 rings (SSSR count). The SMILES string of the molecule is CC(N)Cc1nc(N)nc2cc(F)ccc12. The molecular formula is C11H13FN4. The summed E-state index contributed by atoms with van der Waals surface area (Å²) in [5.41, 5.74) is 12.6. The zero-order chi connectivity index (χ0) is 11.7. The van der Waals surface area contributed by atoms with Crippen LogP contribution in [-0.4, -0.2) is 16.0 Å². The molecule has 0 bridgehead atoms. The number of hydrogen-bond acceptors (Lipinski definition) is 4. The van der Waals surface area contributed by atoms with Crippen molar-refractivity contribution >= 4 is 16.9 Å². The van der Waals surface area contributed by atoms with Crippen molar-refractivity contribution in [2.45, 2.75) is 19.4 Å². The van der Waals surface area contributed by atoms with Gasteiger partial charge < -0.3 is 11.5 Å². The van der Waals surface area contributed by atoms with Gasteiger partial charge >= 0.3 is 0 Å². The lowest BCUT2D eigenvalue weighted by Gasteiger charge is -2.08. The molecule has 0 spiro atoms. The number of nitrogens with two attached hydrogens (primary N) is 2. The van der Waals surface area contributed by atoms with E-state index in [0.29, 0.717) is 11.9 Å². The molecule has 1 heterocycles. The van der Waals surface area contributed by atoms with Crippen LogP contribution >= 0.6 is 0 Å². The van der Waals surface area contributed by atoms with Crippen LogP contribution in [0.15, 0.2) is 18.2 Å². The minimum Gasteiger partial charge on any atom is -0.368 e. The highest BCUT2D eigenvalue weighted by molar-refractivity contribution is 5.81. The third-order valence-electron chi connectivity index (χ3n) is 2.27. The number of benzene rings is 1. The van der Waals surface area contributed by atoms with Gasteiger partial charge in [0.2, 0.25) is 5.95 Å². The monoisotopic (exact) mass is 220 g/mol.